The summed E-state index contributed by atoms with van der Waals surface area (Å²) in [6.07, 6.45) is 16.1. The summed E-state index contributed by atoms with van der Waals surface area (Å²) in [5.41, 5.74) is 1.79. The van der Waals surface area contributed by atoms with Crippen LogP contribution in [0.15, 0.2) is 27.7 Å². The van der Waals surface area contributed by atoms with Gasteiger partial charge in [-0.25, -0.2) is 0 Å². The van der Waals surface area contributed by atoms with Crippen molar-refractivity contribution in [3.63, 3.8) is 0 Å². The van der Waals surface area contributed by atoms with Crippen LogP contribution in [0.25, 0.3) is 0 Å². The summed E-state index contributed by atoms with van der Waals surface area (Å²) in [5.74, 6) is 4.05. The van der Waals surface area contributed by atoms with Crippen molar-refractivity contribution in [1.82, 2.24) is 0 Å². The van der Waals surface area contributed by atoms with E-state index in [1.165, 1.54) is 64.2 Å². The zero-order valence-electron chi connectivity index (χ0n) is 18.0. The third-order valence-electron chi connectivity index (χ3n) is 9.92. The number of phenols is 1. The lowest BCUT2D eigenvalue weighted by Crippen LogP contribution is -2.53. The Balaban J connectivity index is 1.37. The van der Waals surface area contributed by atoms with Crippen LogP contribution < -0.4 is 0 Å². The van der Waals surface area contributed by atoms with Gasteiger partial charge in [0.2, 0.25) is 0 Å². The van der Waals surface area contributed by atoms with Crippen molar-refractivity contribution < 1.29 is 5.11 Å². The largest absolute Gasteiger partial charge is 0.507 e. The number of aliphatic imine (C=N–C) groups is 1. The standard InChI is InChI=1S/C26H36BrNO/c1-25-13-4-3-5-18(25)6-8-20-21-9-11-24(26(21,2)14-12-22(20)25)28-16-17-15-19(27)7-10-23(17)29/h7,10,15-16,18,20-22,24,29H,3-6,8-9,11-14H2,1-2H3. The normalized spacial score (nSPS) is 44.3. The van der Waals surface area contributed by atoms with E-state index in [-0.39, 0.29) is 0 Å². The molecule has 0 bridgehead atoms. The monoisotopic (exact) mass is 457 g/mol. The van der Waals surface area contributed by atoms with Gasteiger partial charge in [-0.2, -0.15) is 0 Å². The summed E-state index contributed by atoms with van der Waals surface area (Å²) in [4.78, 5) is 5.08. The topological polar surface area (TPSA) is 32.6 Å². The molecule has 7 atom stereocenters. The number of fused-ring (bicyclic) bond motifs is 5. The van der Waals surface area contributed by atoms with Crippen molar-refractivity contribution in [1.29, 1.82) is 0 Å². The Morgan fingerprint density at radius 2 is 1.79 bits per heavy atom. The Morgan fingerprint density at radius 1 is 0.966 bits per heavy atom. The molecule has 0 spiro atoms. The molecule has 158 valence electrons. The first-order chi connectivity index (χ1) is 13.9. The van der Waals surface area contributed by atoms with Gasteiger partial charge in [0.25, 0.3) is 0 Å². The fourth-order valence-electron chi connectivity index (χ4n) is 8.31. The average Bonchev–Trinajstić information content (AvgIpc) is 3.04. The van der Waals surface area contributed by atoms with Gasteiger partial charge in [0, 0.05) is 16.3 Å². The van der Waals surface area contributed by atoms with Crippen LogP contribution in [-0.2, 0) is 0 Å². The molecule has 0 amide bonds. The van der Waals surface area contributed by atoms with Crippen LogP contribution in [0.4, 0.5) is 0 Å². The fraction of sp³-hybridized carbons (Fsp3) is 0.731. The summed E-state index contributed by atoms with van der Waals surface area (Å²) >= 11 is 3.51. The van der Waals surface area contributed by atoms with E-state index >= 15 is 0 Å². The molecule has 4 aliphatic rings. The van der Waals surface area contributed by atoms with Gasteiger partial charge < -0.3 is 5.11 Å². The van der Waals surface area contributed by atoms with E-state index in [0.29, 0.717) is 22.6 Å². The molecule has 4 aliphatic carbocycles. The first kappa shape index (κ1) is 20.1. The molecule has 0 aliphatic heterocycles. The zero-order valence-corrected chi connectivity index (χ0v) is 19.6. The highest BCUT2D eigenvalue weighted by Gasteiger charge is 2.59. The van der Waals surface area contributed by atoms with Gasteiger partial charge in [-0.15, -0.1) is 0 Å². The van der Waals surface area contributed by atoms with E-state index in [2.05, 4.69) is 29.8 Å². The third-order valence-corrected chi connectivity index (χ3v) is 10.4. The fourth-order valence-corrected chi connectivity index (χ4v) is 8.69. The van der Waals surface area contributed by atoms with Gasteiger partial charge in [-0.1, -0.05) is 42.6 Å². The maximum Gasteiger partial charge on any atom is 0.124 e. The van der Waals surface area contributed by atoms with Crippen LogP contribution >= 0.6 is 15.9 Å². The second-order valence-corrected chi connectivity index (χ2v) is 11.9. The quantitative estimate of drug-likeness (QED) is 0.461. The minimum absolute atomic E-state index is 0.323. The van der Waals surface area contributed by atoms with Gasteiger partial charge in [-0.05, 0) is 104 Å². The Hall–Kier alpha value is -0.830. The van der Waals surface area contributed by atoms with E-state index < -0.39 is 0 Å². The molecule has 7 unspecified atom stereocenters. The lowest BCUT2D eigenvalue weighted by Gasteiger charge is -2.60. The molecule has 0 saturated heterocycles. The first-order valence-corrected chi connectivity index (χ1v) is 12.7. The number of halogens is 1. The average molecular weight is 458 g/mol. The van der Waals surface area contributed by atoms with Gasteiger partial charge >= 0.3 is 0 Å². The van der Waals surface area contributed by atoms with Gasteiger partial charge in [0.05, 0.1) is 6.04 Å². The Morgan fingerprint density at radius 3 is 2.66 bits per heavy atom. The van der Waals surface area contributed by atoms with Crippen LogP contribution in [0.3, 0.4) is 0 Å². The molecule has 3 heteroatoms. The minimum atomic E-state index is 0.323. The molecule has 1 N–H and O–H groups in total. The van der Waals surface area contributed by atoms with Crippen molar-refractivity contribution in [3.05, 3.63) is 28.2 Å². The molecule has 29 heavy (non-hydrogen) atoms. The van der Waals surface area contributed by atoms with E-state index in [1.54, 1.807) is 6.07 Å². The van der Waals surface area contributed by atoms with Crippen LogP contribution in [0.1, 0.15) is 83.6 Å². The molecule has 1 aromatic carbocycles. The van der Waals surface area contributed by atoms with Crippen molar-refractivity contribution in [3.8, 4) is 5.75 Å². The highest BCUT2D eigenvalue weighted by Crippen LogP contribution is 2.66. The number of hydrogen-bond donors (Lipinski definition) is 1. The number of hydrogen-bond acceptors (Lipinski definition) is 2. The lowest BCUT2D eigenvalue weighted by molar-refractivity contribution is -0.105. The smallest absolute Gasteiger partial charge is 0.124 e. The maximum absolute atomic E-state index is 10.2. The number of aromatic hydroxyl groups is 1. The van der Waals surface area contributed by atoms with Gasteiger partial charge in [0.15, 0.2) is 0 Å². The summed E-state index contributed by atoms with van der Waals surface area (Å²) < 4.78 is 0.991. The zero-order chi connectivity index (χ0) is 20.2. The van der Waals surface area contributed by atoms with E-state index in [4.69, 9.17) is 4.99 Å². The second-order valence-electron chi connectivity index (χ2n) is 11.0. The molecule has 4 saturated carbocycles. The Bertz CT molecular complexity index is 806. The lowest BCUT2D eigenvalue weighted by atomic mass is 9.45. The second kappa shape index (κ2) is 7.39. The predicted molar refractivity (Wildman–Crippen MR) is 124 cm³/mol. The van der Waals surface area contributed by atoms with E-state index in [0.717, 1.165) is 33.7 Å². The molecule has 1 aromatic rings. The summed E-state index contributed by atoms with van der Waals surface area (Å²) in [5, 5.41) is 10.2. The Kier molecular flexibility index (Phi) is 5.12. The van der Waals surface area contributed by atoms with Crippen LogP contribution in [0.2, 0.25) is 0 Å². The van der Waals surface area contributed by atoms with Crippen LogP contribution in [0, 0.1) is 34.5 Å². The molecule has 5 rings (SSSR count). The first-order valence-electron chi connectivity index (χ1n) is 11.9. The predicted octanol–water partition coefficient (Wildman–Crippen LogP) is 7.38. The SMILES string of the molecule is CC12CCCCC1CCC1C2CCC2(C)C(N=Cc3cc(Br)ccc3O)CCC12. The van der Waals surface area contributed by atoms with Gasteiger partial charge in [-0.3, -0.25) is 4.99 Å². The van der Waals surface area contributed by atoms with Gasteiger partial charge in [0.1, 0.15) is 5.75 Å². The van der Waals surface area contributed by atoms with Crippen LogP contribution in [0.5, 0.6) is 5.75 Å². The van der Waals surface area contributed by atoms with Crippen molar-refractivity contribution in [2.45, 2.75) is 84.1 Å². The highest BCUT2D eigenvalue weighted by atomic mass is 79.9. The number of nitrogens with zero attached hydrogens (tertiary/aromatic N) is 1. The summed E-state index contributed by atoms with van der Waals surface area (Å²) in [6, 6.07) is 6.00. The molecular weight excluding hydrogens is 422 g/mol. The molecule has 0 heterocycles. The molecule has 0 radical (unpaired) electrons. The molecular formula is C26H36BrNO. The molecule has 0 aromatic heterocycles. The number of rotatable bonds is 2. The maximum atomic E-state index is 10.2. The van der Waals surface area contributed by atoms with Crippen LogP contribution in [-0.4, -0.2) is 17.4 Å². The number of phenolic OH excluding ortho intramolecular Hbond substituents is 1. The van der Waals surface area contributed by atoms with Crippen molar-refractivity contribution in [2.24, 2.45) is 39.5 Å². The van der Waals surface area contributed by atoms with Crippen molar-refractivity contribution >= 4 is 22.1 Å². The highest BCUT2D eigenvalue weighted by molar-refractivity contribution is 9.10. The minimum Gasteiger partial charge on any atom is -0.507 e. The van der Waals surface area contributed by atoms with Crippen molar-refractivity contribution in [2.75, 3.05) is 0 Å². The van der Waals surface area contributed by atoms with E-state index in [9.17, 15) is 5.11 Å². The molecule has 4 fully saturated rings. The summed E-state index contributed by atoms with van der Waals surface area (Å²) in [6.45, 7) is 5.20. The Labute approximate surface area is 184 Å². The molecule has 2 nitrogen and oxygen atoms in total. The summed E-state index contributed by atoms with van der Waals surface area (Å²) in [7, 11) is 0. The number of benzene rings is 1. The third kappa shape index (κ3) is 3.22. The van der Waals surface area contributed by atoms with E-state index in [1.807, 2.05) is 18.3 Å².